The van der Waals surface area contributed by atoms with Crippen LogP contribution < -0.4 is 5.32 Å². The molecular weight excluding hydrogens is 218 g/mol. The van der Waals surface area contributed by atoms with Crippen molar-refractivity contribution in [3.05, 3.63) is 22.4 Å². The van der Waals surface area contributed by atoms with Crippen molar-refractivity contribution in [3.8, 4) is 0 Å². The van der Waals surface area contributed by atoms with Crippen molar-refractivity contribution < 1.29 is 5.11 Å². The van der Waals surface area contributed by atoms with E-state index >= 15 is 0 Å². The van der Waals surface area contributed by atoms with Crippen molar-refractivity contribution >= 4 is 11.3 Å². The maximum atomic E-state index is 10.0. The molecule has 2 N–H and O–H groups in total. The second-order valence-electron chi connectivity index (χ2n) is 5.15. The van der Waals surface area contributed by atoms with Crippen LogP contribution in [0.4, 0.5) is 0 Å². The Balaban J connectivity index is 1.79. The lowest BCUT2D eigenvalue weighted by molar-refractivity contribution is 0.00116. The number of thiophene rings is 1. The van der Waals surface area contributed by atoms with Crippen LogP contribution in [0.15, 0.2) is 16.8 Å². The van der Waals surface area contributed by atoms with Crippen LogP contribution in [0.3, 0.4) is 0 Å². The number of hydrogen-bond donors (Lipinski definition) is 2. The van der Waals surface area contributed by atoms with Crippen molar-refractivity contribution in [2.45, 2.75) is 45.3 Å². The molecule has 2 atom stereocenters. The molecule has 2 rings (SSSR count). The van der Waals surface area contributed by atoms with Crippen molar-refractivity contribution in [1.29, 1.82) is 0 Å². The lowest BCUT2D eigenvalue weighted by Gasteiger charge is -2.38. The highest BCUT2D eigenvalue weighted by Crippen LogP contribution is 2.35. The Morgan fingerprint density at radius 2 is 2.44 bits per heavy atom. The van der Waals surface area contributed by atoms with Crippen LogP contribution in [0, 0.1) is 5.41 Å². The highest BCUT2D eigenvalue weighted by molar-refractivity contribution is 7.07. The Labute approximate surface area is 102 Å². The molecule has 3 heteroatoms. The number of nitrogens with one attached hydrogen (secondary N) is 1. The van der Waals surface area contributed by atoms with E-state index in [-0.39, 0.29) is 11.5 Å². The summed E-state index contributed by atoms with van der Waals surface area (Å²) in [4.78, 5) is 0. The first-order valence-corrected chi connectivity index (χ1v) is 7.05. The summed E-state index contributed by atoms with van der Waals surface area (Å²) >= 11 is 1.74. The number of aliphatic hydroxyl groups is 1. The summed E-state index contributed by atoms with van der Waals surface area (Å²) in [5.41, 5.74) is 1.42. The number of aliphatic hydroxyl groups excluding tert-OH is 1. The largest absolute Gasteiger partial charge is 0.393 e. The fourth-order valence-corrected chi connectivity index (χ4v) is 3.14. The molecule has 1 fully saturated rings. The van der Waals surface area contributed by atoms with E-state index in [4.69, 9.17) is 0 Å². The van der Waals surface area contributed by atoms with Crippen LogP contribution in [0.25, 0.3) is 0 Å². The Morgan fingerprint density at radius 1 is 1.56 bits per heavy atom. The summed E-state index contributed by atoms with van der Waals surface area (Å²) in [5, 5.41) is 17.8. The molecule has 0 aliphatic heterocycles. The third-order valence-corrected chi connectivity index (χ3v) is 4.45. The van der Waals surface area contributed by atoms with Gasteiger partial charge in [-0.1, -0.05) is 19.8 Å². The normalized spacial score (nSPS) is 30.5. The Bertz CT molecular complexity index is 312. The molecule has 16 heavy (non-hydrogen) atoms. The highest BCUT2D eigenvalue weighted by Gasteiger charge is 2.34. The van der Waals surface area contributed by atoms with Crippen LogP contribution in [-0.4, -0.2) is 17.8 Å². The first-order chi connectivity index (χ1) is 7.71. The van der Waals surface area contributed by atoms with E-state index in [1.165, 1.54) is 18.4 Å². The zero-order valence-corrected chi connectivity index (χ0v) is 10.7. The lowest BCUT2D eigenvalue weighted by atomic mass is 9.73. The van der Waals surface area contributed by atoms with Gasteiger partial charge in [0.05, 0.1) is 6.10 Å². The molecule has 2 unspecified atom stereocenters. The molecule has 1 aromatic rings. The maximum absolute atomic E-state index is 10.0. The topological polar surface area (TPSA) is 32.3 Å². The molecular formula is C13H21NOS. The standard InChI is InChI=1S/C13H21NOS/c1-13(6-3-2-4-12(13)15)10-14-8-11-5-7-16-9-11/h5,7,9,12,14-15H,2-4,6,8,10H2,1H3. The van der Waals surface area contributed by atoms with E-state index in [0.29, 0.717) is 0 Å². The molecule has 1 heterocycles. The summed E-state index contributed by atoms with van der Waals surface area (Å²) in [6, 6.07) is 2.15. The number of hydrogen-bond acceptors (Lipinski definition) is 3. The smallest absolute Gasteiger partial charge is 0.0605 e. The monoisotopic (exact) mass is 239 g/mol. The molecule has 90 valence electrons. The second-order valence-corrected chi connectivity index (χ2v) is 5.93. The van der Waals surface area contributed by atoms with Crippen molar-refractivity contribution in [3.63, 3.8) is 0 Å². The minimum absolute atomic E-state index is 0.0777. The third kappa shape index (κ3) is 2.84. The van der Waals surface area contributed by atoms with Crippen molar-refractivity contribution in [1.82, 2.24) is 5.32 Å². The molecule has 2 nitrogen and oxygen atoms in total. The molecule has 1 aliphatic rings. The van der Waals surface area contributed by atoms with Gasteiger partial charge in [-0.15, -0.1) is 0 Å². The molecule has 0 saturated heterocycles. The fraction of sp³-hybridized carbons (Fsp3) is 0.692. The number of rotatable bonds is 4. The average molecular weight is 239 g/mol. The zero-order chi connectivity index (χ0) is 11.4. The average Bonchev–Trinajstić information content (AvgIpc) is 2.76. The Hall–Kier alpha value is -0.380. The zero-order valence-electron chi connectivity index (χ0n) is 9.91. The van der Waals surface area contributed by atoms with E-state index in [2.05, 4.69) is 29.1 Å². The summed E-state index contributed by atoms with van der Waals surface area (Å²) in [7, 11) is 0. The van der Waals surface area contributed by atoms with Gasteiger partial charge in [0, 0.05) is 18.5 Å². The van der Waals surface area contributed by atoms with Gasteiger partial charge in [0.25, 0.3) is 0 Å². The van der Waals surface area contributed by atoms with Crippen molar-refractivity contribution in [2.75, 3.05) is 6.54 Å². The quantitative estimate of drug-likeness (QED) is 0.847. The van der Waals surface area contributed by atoms with Gasteiger partial charge in [-0.2, -0.15) is 11.3 Å². The van der Waals surface area contributed by atoms with Crippen LogP contribution in [0.1, 0.15) is 38.2 Å². The summed E-state index contributed by atoms with van der Waals surface area (Å²) in [5.74, 6) is 0. The van der Waals surface area contributed by atoms with Gasteiger partial charge >= 0.3 is 0 Å². The van der Waals surface area contributed by atoms with Crippen LogP contribution >= 0.6 is 11.3 Å². The van der Waals surface area contributed by atoms with Gasteiger partial charge in [-0.25, -0.2) is 0 Å². The van der Waals surface area contributed by atoms with Gasteiger partial charge in [0.2, 0.25) is 0 Å². The first-order valence-electron chi connectivity index (χ1n) is 6.10. The minimum Gasteiger partial charge on any atom is -0.393 e. The highest BCUT2D eigenvalue weighted by atomic mass is 32.1. The molecule has 0 spiro atoms. The lowest BCUT2D eigenvalue weighted by Crippen LogP contribution is -2.43. The molecule has 0 aromatic carbocycles. The molecule has 0 amide bonds. The molecule has 0 radical (unpaired) electrons. The van der Waals surface area contributed by atoms with Gasteiger partial charge in [-0.05, 0) is 35.2 Å². The van der Waals surface area contributed by atoms with Gasteiger partial charge in [0.1, 0.15) is 0 Å². The third-order valence-electron chi connectivity index (χ3n) is 3.72. The summed E-state index contributed by atoms with van der Waals surface area (Å²) in [6.45, 7) is 4.05. The first kappa shape index (κ1) is 12.1. The van der Waals surface area contributed by atoms with Gasteiger partial charge < -0.3 is 10.4 Å². The van der Waals surface area contributed by atoms with E-state index in [1.807, 2.05) is 0 Å². The second kappa shape index (κ2) is 5.30. The molecule has 0 bridgehead atoms. The summed E-state index contributed by atoms with van der Waals surface area (Å²) < 4.78 is 0. The van der Waals surface area contributed by atoms with Crippen LogP contribution in [-0.2, 0) is 6.54 Å². The van der Waals surface area contributed by atoms with E-state index in [9.17, 15) is 5.11 Å². The van der Waals surface area contributed by atoms with Crippen LogP contribution in [0.5, 0.6) is 0 Å². The van der Waals surface area contributed by atoms with Crippen molar-refractivity contribution in [2.24, 2.45) is 5.41 Å². The molecule has 1 aliphatic carbocycles. The van der Waals surface area contributed by atoms with Crippen LogP contribution in [0.2, 0.25) is 0 Å². The predicted octanol–water partition coefficient (Wildman–Crippen LogP) is 2.78. The summed E-state index contributed by atoms with van der Waals surface area (Å²) in [6.07, 6.45) is 4.42. The maximum Gasteiger partial charge on any atom is 0.0605 e. The minimum atomic E-state index is -0.128. The molecule has 1 aromatic heterocycles. The SMILES string of the molecule is CC1(CNCc2ccsc2)CCCCC1O. The Kier molecular flexibility index (Phi) is 4.00. The molecule has 1 saturated carbocycles. The van der Waals surface area contributed by atoms with E-state index in [0.717, 1.165) is 25.9 Å². The van der Waals surface area contributed by atoms with Gasteiger partial charge in [-0.3, -0.25) is 0 Å². The predicted molar refractivity (Wildman–Crippen MR) is 68.6 cm³/mol. The van der Waals surface area contributed by atoms with E-state index < -0.39 is 0 Å². The van der Waals surface area contributed by atoms with Gasteiger partial charge in [0.15, 0.2) is 0 Å². The Morgan fingerprint density at radius 3 is 3.12 bits per heavy atom. The van der Waals surface area contributed by atoms with E-state index in [1.54, 1.807) is 11.3 Å². The fourth-order valence-electron chi connectivity index (χ4n) is 2.47.